The van der Waals surface area contributed by atoms with Crippen molar-refractivity contribution in [2.24, 2.45) is 0 Å². The molecular formula is C14H19N3OS. The van der Waals surface area contributed by atoms with Crippen LogP contribution in [0.2, 0.25) is 0 Å². The summed E-state index contributed by atoms with van der Waals surface area (Å²) in [6, 6.07) is 2.39. The van der Waals surface area contributed by atoms with E-state index in [9.17, 15) is 0 Å². The average Bonchev–Trinajstić information content (AvgIpc) is 3.08. The molecule has 0 aliphatic heterocycles. The zero-order valence-corrected chi connectivity index (χ0v) is 12.2. The normalized spacial score (nSPS) is 15.7. The van der Waals surface area contributed by atoms with E-state index in [-0.39, 0.29) is 6.04 Å². The van der Waals surface area contributed by atoms with E-state index in [1.165, 1.54) is 29.7 Å². The Hall–Kier alpha value is -1.20. The third-order valence-electron chi connectivity index (χ3n) is 3.55. The molecule has 0 fully saturated rings. The van der Waals surface area contributed by atoms with Crippen LogP contribution in [0.5, 0.6) is 0 Å². The topological polar surface area (TPSA) is 51.0 Å². The maximum Gasteiger partial charge on any atom is 0.257 e. The van der Waals surface area contributed by atoms with Gasteiger partial charge in [0.2, 0.25) is 5.89 Å². The smallest absolute Gasteiger partial charge is 0.257 e. The number of rotatable bonds is 5. The third kappa shape index (κ3) is 2.44. The second-order valence-electron chi connectivity index (χ2n) is 4.88. The fraction of sp³-hybridized carbons (Fsp3) is 0.571. The molecule has 19 heavy (non-hydrogen) atoms. The van der Waals surface area contributed by atoms with Gasteiger partial charge in [-0.2, -0.15) is 0 Å². The van der Waals surface area contributed by atoms with Crippen molar-refractivity contribution in [1.29, 1.82) is 0 Å². The molecule has 1 atom stereocenters. The van der Waals surface area contributed by atoms with Crippen LogP contribution in [0.3, 0.4) is 0 Å². The van der Waals surface area contributed by atoms with E-state index in [1.807, 2.05) is 0 Å². The van der Waals surface area contributed by atoms with Crippen LogP contribution in [0.25, 0.3) is 10.8 Å². The van der Waals surface area contributed by atoms with Crippen LogP contribution in [0.15, 0.2) is 10.5 Å². The first-order valence-electron chi connectivity index (χ1n) is 7.00. The minimum atomic E-state index is 0.165. The van der Waals surface area contributed by atoms with Gasteiger partial charge in [-0.1, -0.05) is 13.8 Å². The molecule has 102 valence electrons. The number of hydrogen-bond acceptors (Lipinski definition) is 5. The number of nitrogens with zero attached hydrogens (tertiary/aromatic N) is 2. The lowest BCUT2D eigenvalue weighted by atomic mass is 10.2. The summed E-state index contributed by atoms with van der Waals surface area (Å²) in [5.74, 6) is 1.37. The molecule has 5 heteroatoms. The Morgan fingerprint density at radius 3 is 3.00 bits per heavy atom. The summed E-state index contributed by atoms with van der Waals surface area (Å²) in [6.07, 6.45) is 4.64. The Morgan fingerprint density at radius 2 is 2.26 bits per heavy atom. The first-order chi connectivity index (χ1) is 9.31. The molecule has 3 rings (SSSR count). The Morgan fingerprint density at radius 1 is 1.37 bits per heavy atom. The second-order valence-corrected chi connectivity index (χ2v) is 6.01. The van der Waals surface area contributed by atoms with Gasteiger partial charge in [-0.25, -0.2) is 0 Å². The molecule has 0 amide bonds. The Labute approximate surface area is 117 Å². The summed E-state index contributed by atoms with van der Waals surface area (Å²) in [6.45, 7) is 5.12. The van der Waals surface area contributed by atoms with Gasteiger partial charge in [-0.15, -0.1) is 21.5 Å². The van der Waals surface area contributed by atoms with E-state index < -0.39 is 0 Å². The largest absolute Gasteiger partial charge is 0.418 e. The molecule has 0 radical (unpaired) electrons. The molecule has 2 aromatic rings. The standard InChI is InChI=1S/C14H19N3OS/c1-3-10(15-4-2)13-16-17-14(18-13)12-8-9-6-5-7-11(9)19-12/h8,10,15H,3-7H2,1-2H3. The number of fused-ring (bicyclic) bond motifs is 1. The van der Waals surface area contributed by atoms with E-state index >= 15 is 0 Å². The maximum atomic E-state index is 5.84. The van der Waals surface area contributed by atoms with Crippen molar-refractivity contribution in [1.82, 2.24) is 15.5 Å². The number of aryl methyl sites for hydroxylation is 2. The van der Waals surface area contributed by atoms with Gasteiger partial charge in [0.15, 0.2) is 0 Å². The first kappa shape index (κ1) is 12.8. The lowest BCUT2D eigenvalue weighted by molar-refractivity contribution is 0.402. The lowest BCUT2D eigenvalue weighted by Crippen LogP contribution is -2.20. The molecular weight excluding hydrogens is 258 g/mol. The predicted octanol–water partition coefficient (Wildman–Crippen LogP) is 3.35. The lowest BCUT2D eigenvalue weighted by Gasteiger charge is -2.09. The summed E-state index contributed by atoms with van der Waals surface area (Å²) in [5.41, 5.74) is 1.47. The molecule has 2 heterocycles. The molecule has 1 N–H and O–H groups in total. The highest BCUT2D eigenvalue weighted by Gasteiger charge is 2.20. The van der Waals surface area contributed by atoms with Crippen LogP contribution < -0.4 is 5.32 Å². The Balaban J connectivity index is 1.83. The van der Waals surface area contributed by atoms with Crippen LogP contribution in [-0.2, 0) is 12.8 Å². The van der Waals surface area contributed by atoms with Crippen molar-refractivity contribution in [3.05, 3.63) is 22.4 Å². The molecule has 1 unspecified atom stereocenters. The van der Waals surface area contributed by atoms with E-state index in [0.717, 1.165) is 17.8 Å². The fourth-order valence-corrected chi connectivity index (χ4v) is 3.74. The van der Waals surface area contributed by atoms with Gasteiger partial charge in [0.05, 0.1) is 10.9 Å². The Bertz CT molecular complexity index is 539. The van der Waals surface area contributed by atoms with Crippen molar-refractivity contribution < 1.29 is 4.42 Å². The monoisotopic (exact) mass is 277 g/mol. The van der Waals surface area contributed by atoms with Crippen molar-refractivity contribution in [2.75, 3.05) is 6.54 Å². The summed E-state index contributed by atoms with van der Waals surface area (Å²) in [5, 5.41) is 11.8. The van der Waals surface area contributed by atoms with E-state index in [0.29, 0.717) is 11.8 Å². The van der Waals surface area contributed by atoms with Crippen LogP contribution >= 0.6 is 11.3 Å². The summed E-state index contributed by atoms with van der Waals surface area (Å²) >= 11 is 1.80. The molecule has 0 saturated heterocycles. The zero-order valence-electron chi connectivity index (χ0n) is 11.4. The molecule has 4 nitrogen and oxygen atoms in total. The van der Waals surface area contributed by atoms with Crippen molar-refractivity contribution in [2.45, 2.75) is 45.6 Å². The maximum absolute atomic E-state index is 5.84. The van der Waals surface area contributed by atoms with Crippen LogP contribution in [-0.4, -0.2) is 16.7 Å². The van der Waals surface area contributed by atoms with Crippen molar-refractivity contribution in [3.63, 3.8) is 0 Å². The third-order valence-corrected chi connectivity index (χ3v) is 4.78. The molecule has 0 aromatic carbocycles. The van der Waals surface area contributed by atoms with Crippen LogP contribution in [0.1, 0.15) is 49.1 Å². The van der Waals surface area contributed by atoms with E-state index in [2.05, 4.69) is 35.4 Å². The molecule has 0 spiro atoms. The van der Waals surface area contributed by atoms with Crippen LogP contribution in [0, 0.1) is 0 Å². The predicted molar refractivity (Wildman–Crippen MR) is 76.3 cm³/mol. The average molecular weight is 277 g/mol. The van der Waals surface area contributed by atoms with Crippen LogP contribution in [0.4, 0.5) is 0 Å². The molecule has 1 aliphatic rings. The number of aromatic nitrogens is 2. The summed E-state index contributed by atoms with van der Waals surface area (Å²) in [7, 11) is 0. The van der Waals surface area contributed by atoms with Gasteiger partial charge in [0.1, 0.15) is 0 Å². The number of nitrogens with one attached hydrogen (secondary N) is 1. The highest BCUT2D eigenvalue weighted by Crippen LogP contribution is 2.36. The molecule has 1 aliphatic carbocycles. The van der Waals surface area contributed by atoms with Gasteiger partial charge >= 0.3 is 0 Å². The van der Waals surface area contributed by atoms with Gasteiger partial charge < -0.3 is 9.73 Å². The molecule has 2 aromatic heterocycles. The van der Waals surface area contributed by atoms with Gasteiger partial charge in [0, 0.05) is 4.88 Å². The van der Waals surface area contributed by atoms with Gasteiger partial charge in [-0.3, -0.25) is 0 Å². The quantitative estimate of drug-likeness (QED) is 0.910. The van der Waals surface area contributed by atoms with Crippen molar-refractivity contribution >= 4 is 11.3 Å². The van der Waals surface area contributed by atoms with E-state index in [1.54, 1.807) is 11.3 Å². The minimum Gasteiger partial charge on any atom is -0.418 e. The highest BCUT2D eigenvalue weighted by atomic mass is 32.1. The van der Waals surface area contributed by atoms with Crippen molar-refractivity contribution in [3.8, 4) is 10.8 Å². The van der Waals surface area contributed by atoms with Gasteiger partial charge in [0.25, 0.3) is 5.89 Å². The second kappa shape index (κ2) is 5.43. The molecule has 0 saturated carbocycles. The molecule has 0 bridgehead atoms. The fourth-order valence-electron chi connectivity index (χ4n) is 2.56. The summed E-state index contributed by atoms with van der Waals surface area (Å²) < 4.78 is 5.84. The van der Waals surface area contributed by atoms with Gasteiger partial charge in [-0.05, 0) is 43.9 Å². The number of thiophene rings is 1. The SMILES string of the molecule is CCNC(CC)c1nnc(-c2cc3c(s2)CCC3)o1. The first-order valence-corrected chi connectivity index (χ1v) is 7.82. The summed E-state index contributed by atoms with van der Waals surface area (Å²) in [4.78, 5) is 2.61. The highest BCUT2D eigenvalue weighted by molar-refractivity contribution is 7.15. The minimum absolute atomic E-state index is 0.165. The number of hydrogen-bond donors (Lipinski definition) is 1. The van der Waals surface area contributed by atoms with E-state index in [4.69, 9.17) is 4.42 Å². The zero-order chi connectivity index (χ0) is 13.2. The Kier molecular flexibility index (Phi) is 3.66.